The van der Waals surface area contributed by atoms with Crippen LogP contribution in [0.3, 0.4) is 0 Å². The van der Waals surface area contributed by atoms with Crippen LogP contribution in [0.4, 0.5) is 0 Å². The SMILES string of the molecule is CCCCCCCC(=O)N[C@@H](c1ccccc1)[C@H](C)OP(=O)([O-])[O-].[Na+].[Na+]. The first-order valence-electron chi connectivity index (χ1n) is 8.38. The van der Waals surface area contributed by atoms with Crippen LogP contribution in [0.1, 0.15) is 64.0 Å². The summed E-state index contributed by atoms with van der Waals surface area (Å²) >= 11 is 0. The van der Waals surface area contributed by atoms with Crippen LogP contribution < -0.4 is 74.2 Å². The van der Waals surface area contributed by atoms with Crippen molar-refractivity contribution in [2.24, 2.45) is 0 Å². The Morgan fingerprint density at radius 2 is 1.69 bits per heavy atom. The van der Waals surface area contributed by atoms with Crippen molar-refractivity contribution in [3.05, 3.63) is 35.9 Å². The maximum atomic E-state index is 12.1. The third-order valence-electron chi connectivity index (χ3n) is 3.75. The van der Waals surface area contributed by atoms with Gasteiger partial charge in [0.1, 0.15) is 0 Å². The molecule has 136 valence electrons. The first-order chi connectivity index (χ1) is 11.3. The van der Waals surface area contributed by atoms with Crippen LogP contribution in [0.5, 0.6) is 0 Å². The van der Waals surface area contributed by atoms with Crippen LogP contribution in [-0.2, 0) is 13.9 Å². The van der Waals surface area contributed by atoms with Crippen LogP contribution in [0.2, 0.25) is 0 Å². The number of carbonyl (C=O) groups excluding carboxylic acids is 1. The van der Waals surface area contributed by atoms with Crippen molar-refractivity contribution in [3.8, 4) is 0 Å². The molecule has 0 bridgehead atoms. The molecule has 6 nitrogen and oxygen atoms in total. The standard InChI is InChI=1S/C17H28NO5P.2Na/c1-3-4-5-6-10-13-16(19)18-17(14(2)23-24(20,21)22)15-11-8-7-9-12-15;;/h7-9,11-12,14,17H,3-6,10,13H2,1-2H3,(H,18,19)(H2,20,21,22);;/q;2*+1/p-2/t14-,17+;;/m0../s1. The Bertz CT molecular complexity index is 541. The first-order valence-corrected chi connectivity index (χ1v) is 9.84. The largest absolute Gasteiger partial charge is 1.00 e. The van der Waals surface area contributed by atoms with E-state index in [4.69, 9.17) is 0 Å². The number of carbonyl (C=O) groups is 1. The van der Waals surface area contributed by atoms with Crippen molar-refractivity contribution in [1.29, 1.82) is 0 Å². The molecule has 0 saturated heterocycles. The summed E-state index contributed by atoms with van der Waals surface area (Å²) in [6.45, 7) is 3.59. The van der Waals surface area contributed by atoms with E-state index in [0.29, 0.717) is 12.0 Å². The average molecular weight is 401 g/mol. The number of hydrogen-bond donors (Lipinski definition) is 1. The van der Waals surface area contributed by atoms with Crippen molar-refractivity contribution in [1.82, 2.24) is 5.32 Å². The zero-order valence-electron chi connectivity index (χ0n) is 16.3. The maximum Gasteiger partial charge on any atom is 1.00 e. The van der Waals surface area contributed by atoms with Gasteiger partial charge in [-0.3, -0.25) is 4.79 Å². The number of nitrogens with one attached hydrogen (secondary N) is 1. The average Bonchev–Trinajstić information content (AvgIpc) is 2.51. The molecule has 0 radical (unpaired) electrons. The van der Waals surface area contributed by atoms with Gasteiger partial charge in [0.2, 0.25) is 5.91 Å². The predicted molar refractivity (Wildman–Crippen MR) is 88.9 cm³/mol. The Labute approximate surface area is 200 Å². The fourth-order valence-corrected chi connectivity index (χ4v) is 3.06. The smallest absolute Gasteiger partial charge is 0.790 e. The Morgan fingerprint density at radius 1 is 1.12 bits per heavy atom. The predicted octanol–water partition coefficient (Wildman–Crippen LogP) is -3.55. The van der Waals surface area contributed by atoms with Crippen molar-refractivity contribution < 1.29 is 82.8 Å². The van der Waals surface area contributed by atoms with Crippen LogP contribution >= 0.6 is 7.82 Å². The quantitative estimate of drug-likeness (QED) is 0.235. The number of hydrogen-bond acceptors (Lipinski definition) is 5. The summed E-state index contributed by atoms with van der Waals surface area (Å²) in [5.41, 5.74) is 0.692. The number of benzene rings is 1. The molecule has 0 unspecified atom stereocenters. The molecule has 0 aliphatic heterocycles. The molecule has 1 rings (SSSR count). The fraction of sp³-hybridized carbons (Fsp3) is 0.588. The molecule has 0 aliphatic rings. The second kappa shape index (κ2) is 15.7. The molecule has 9 heteroatoms. The topological polar surface area (TPSA) is 102 Å². The number of rotatable bonds is 11. The zero-order valence-corrected chi connectivity index (χ0v) is 21.2. The molecule has 0 aromatic heterocycles. The second-order valence-corrected chi connectivity index (χ2v) is 6.98. The summed E-state index contributed by atoms with van der Waals surface area (Å²) in [5.74, 6) is -0.178. The van der Waals surface area contributed by atoms with Gasteiger partial charge in [0.15, 0.2) is 0 Å². The van der Waals surface area contributed by atoms with Gasteiger partial charge in [0.25, 0.3) is 0 Å². The van der Waals surface area contributed by atoms with Gasteiger partial charge in [0.05, 0.1) is 20.0 Å². The van der Waals surface area contributed by atoms with Gasteiger partial charge in [-0.2, -0.15) is 0 Å². The van der Waals surface area contributed by atoms with E-state index < -0.39 is 20.0 Å². The molecule has 1 aromatic carbocycles. The molecule has 0 aliphatic carbocycles. The summed E-state index contributed by atoms with van der Waals surface area (Å²) in [6.07, 6.45) is 4.55. The molecule has 0 fully saturated rings. The molecule has 0 spiro atoms. The van der Waals surface area contributed by atoms with E-state index in [1.165, 1.54) is 6.92 Å². The van der Waals surface area contributed by atoms with E-state index in [-0.39, 0.29) is 65.0 Å². The monoisotopic (exact) mass is 401 g/mol. The van der Waals surface area contributed by atoms with E-state index in [2.05, 4.69) is 16.8 Å². The molecule has 26 heavy (non-hydrogen) atoms. The molecular formula is C17H26NNa2O5P. The third kappa shape index (κ3) is 13.1. The van der Waals surface area contributed by atoms with Crippen LogP contribution in [0.15, 0.2) is 30.3 Å². The van der Waals surface area contributed by atoms with E-state index >= 15 is 0 Å². The Morgan fingerprint density at radius 3 is 2.23 bits per heavy atom. The van der Waals surface area contributed by atoms with E-state index in [9.17, 15) is 19.1 Å². The Kier molecular flexibility index (Phi) is 17.5. The molecule has 2 atom stereocenters. The number of unbranched alkanes of at least 4 members (excludes halogenated alkanes) is 4. The first kappa shape index (κ1) is 29.0. The van der Waals surface area contributed by atoms with E-state index in [1.54, 1.807) is 24.3 Å². The molecule has 1 N–H and O–H groups in total. The summed E-state index contributed by atoms with van der Waals surface area (Å²) in [5, 5.41) is 2.78. The second-order valence-electron chi connectivity index (χ2n) is 5.88. The molecule has 1 aromatic rings. The van der Waals surface area contributed by atoms with Crippen molar-refractivity contribution >= 4 is 13.7 Å². The number of phosphoric ester groups is 1. The van der Waals surface area contributed by atoms with Crippen molar-refractivity contribution in [2.45, 2.75) is 64.5 Å². The minimum absolute atomic E-state index is 0. The van der Waals surface area contributed by atoms with Gasteiger partial charge in [-0.05, 0) is 18.9 Å². The van der Waals surface area contributed by atoms with Crippen LogP contribution in [-0.4, -0.2) is 12.0 Å². The summed E-state index contributed by atoms with van der Waals surface area (Å²) < 4.78 is 15.4. The van der Waals surface area contributed by atoms with Gasteiger partial charge in [-0.25, -0.2) is 0 Å². The van der Waals surface area contributed by atoms with Gasteiger partial charge < -0.3 is 24.2 Å². The van der Waals surface area contributed by atoms with E-state index in [0.717, 1.165) is 32.1 Å². The minimum Gasteiger partial charge on any atom is -0.790 e. The third-order valence-corrected chi connectivity index (χ3v) is 4.34. The molecule has 0 heterocycles. The van der Waals surface area contributed by atoms with Crippen LogP contribution in [0.25, 0.3) is 0 Å². The normalized spacial score (nSPS) is 13.1. The summed E-state index contributed by atoms with van der Waals surface area (Å²) in [6, 6.07) is 8.19. The molecular weight excluding hydrogens is 375 g/mol. The fourth-order valence-electron chi connectivity index (χ4n) is 2.53. The van der Waals surface area contributed by atoms with E-state index in [1.807, 2.05) is 6.07 Å². The van der Waals surface area contributed by atoms with Gasteiger partial charge in [0, 0.05) is 6.42 Å². The van der Waals surface area contributed by atoms with Gasteiger partial charge in [-0.15, -0.1) is 0 Å². The summed E-state index contributed by atoms with van der Waals surface area (Å²) in [4.78, 5) is 33.9. The van der Waals surface area contributed by atoms with Crippen molar-refractivity contribution in [3.63, 3.8) is 0 Å². The maximum absolute atomic E-state index is 12.1. The van der Waals surface area contributed by atoms with Crippen molar-refractivity contribution in [2.75, 3.05) is 0 Å². The Hall–Kier alpha value is 0.800. The zero-order chi connectivity index (χ0) is 18.0. The minimum atomic E-state index is -5.12. The Balaban J connectivity index is 0. The van der Waals surface area contributed by atoms with Gasteiger partial charge >= 0.3 is 59.1 Å². The molecule has 0 saturated carbocycles. The summed E-state index contributed by atoms with van der Waals surface area (Å²) in [7, 11) is -5.12. The van der Waals surface area contributed by atoms with Gasteiger partial charge in [-0.1, -0.05) is 62.9 Å². The number of amides is 1. The number of phosphoric acid groups is 1. The molecule has 1 amide bonds. The van der Waals surface area contributed by atoms with Crippen LogP contribution in [0, 0.1) is 0 Å².